The van der Waals surface area contributed by atoms with Crippen molar-refractivity contribution in [1.82, 2.24) is 0 Å². The third kappa shape index (κ3) is 1.53. The molecular weight excluding hydrogens is 256 g/mol. The molecule has 0 radical (unpaired) electrons. The molecule has 0 spiro atoms. The molecule has 0 fully saturated rings. The second-order valence-electron chi connectivity index (χ2n) is 6.04. The molecule has 0 saturated carbocycles. The molecule has 0 bridgehead atoms. The standard InChI is InChI=1S/C19H20N2/c1-4-14-13(2)15-9-5-6-10-16(15)21-18-12-8-7-11-17(18)20(3)19(14)21/h4-14,19H,1H2,2-3H3. The summed E-state index contributed by atoms with van der Waals surface area (Å²) >= 11 is 0. The largest absolute Gasteiger partial charge is 0.352 e. The molecule has 0 N–H and O–H groups in total. The zero-order valence-corrected chi connectivity index (χ0v) is 12.5. The van der Waals surface area contributed by atoms with Crippen molar-refractivity contribution < 1.29 is 0 Å². The summed E-state index contributed by atoms with van der Waals surface area (Å²) in [5.74, 6) is 0.897. The number of hydrogen-bond acceptors (Lipinski definition) is 2. The highest BCUT2D eigenvalue weighted by Crippen LogP contribution is 2.53. The minimum absolute atomic E-state index is 0.324. The summed E-state index contributed by atoms with van der Waals surface area (Å²) in [7, 11) is 2.20. The van der Waals surface area contributed by atoms with Gasteiger partial charge in [-0.25, -0.2) is 0 Å². The molecule has 2 aliphatic heterocycles. The van der Waals surface area contributed by atoms with E-state index in [9.17, 15) is 0 Å². The summed E-state index contributed by atoms with van der Waals surface area (Å²) in [4.78, 5) is 4.88. The third-order valence-corrected chi connectivity index (χ3v) is 5.06. The second-order valence-corrected chi connectivity index (χ2v) is 6.04. The van der Waals surface area contributed by atoms with Gasteiger partial charge >= 0.3 is 0 Å². The van der Waals surface area contributed by atoms with Gasteiger partial charge in [0.05, 0.1) is 11.4 Å². The number of rotatable bonds is 1. The summed E-state index contributed by atoms with van der Waals surface area (Å²) in [5, 5.41) is 0. The average Bonchev–Trinajstić information content (AvgIpc) is 2.82. The van der Waals surface area contributed by atoms with Gasteiger partial charge in [0.2, 0.25) is 0 Å². The first-order valence-corrected chi connectivity index (χ1v) is 7.56. The zero-order valence-electron chi connectivity index (χ0n) is 12.5. The van der Waals surface area contributed by atoms with Crippen molar-refractivity contribution in [3.8, 4) is 0 Å². The molecule has 2 aromatic rings. The molecule has 0 amide bonds. The van der Waals surface area contributed by atoms with E-state index < -0.39 is 0 Å². The van der Waals surface area contributed by atoms with Gasteiger partial charge in [0.25, 0.3) is 0 Å². The molecule has 0 aliphatic carbocycles. The maximum absolute atomic E-state index is 4.11. The fourth-order valence-corrected chi connectivity index (χ4v) is 4.01. The first-order chi connectivity index (χ1) is 10.2. The highest BCUT2D eigenvalue weighted by atomic mass is 15.4. The fourth-order valence-electron chi connectivity index (χ4n) is 4.01. The van der Waals surface area contributed by atoms with Crippen molar-refractivity contribution >= 4 is 17.1 Å². The molecule has 106 valence electrons. The van der Waals surface area contributed by atoms with E-state index in [0.717, 1.165) is 0 Å². The van der Waals surface area contributed by atoms with Gasteiger partial charge in [-0.2, -0.15) is 0 Å². The third-order valence-electron chi connectivity index (χ3n) is 5.06. The molecule has 2 aliphatic rings. The van der Waals surface area contributed by atoms with E-state index in [-0.39, 0.29) is 0 Å². The Kier molecular flexibility index (Phi) is 2.61. The molecule has 0 saturated heterocycles. The Morgan fingerprint density at radius 2 is 1.57 bits per heavy atom. The monoisotopic (exact) mass is 276 g/mol. The van der Waals surface area contributed by atoms with E-state index >= 15 is 0 Å². The van der Waals surface area contributed by atoms with Crippen LogP contribution in [0.25, 0.3) is 0 Å². The number of para-hydroxylation sites is 3. The van der Waals surface area contributed by atoms with Crippen LogP contribution in [0.1, 0.15) is 18.4 Å². The molecule has 0 aromatic heterocycles. The van der Waals surface area contributed by atoms with E-state index in [1.807, 2.05) is 0 Å². The molecular formula is C19H20N2. The Labute approximate surface area is 126 Å². The van der Waals surface area contributed by atoms with Gasteiger partial charge in [0, 0.05) is 18.7 Å². The summed E-state index contributed by atoms with van der Waals surface area (Å²) < 4.78 is 0. The van der Waals surface area contributed by atoms with Gasteiger partial charge in [-0.15, -0.1) is 6.58 Å². The Morgan fingerprint density at radius 1 is 0.952 bits per heavy atom. The van der Waals surface area contributed by atoms with Crippen molar-refractivity contribution in [2.24, 2.45) is 5.92 Å². The van der Waals surface area contributed by atoms with Crippen LogP contribution in [-0.2, 0) is 0 Å². The normalized spacial score (nSPS) is 26.1. The maximum Gasteiger partial charge on any atom is 0.113 e. The van der Waals surface area contributed by atoms with Crippen molar-refractivity contribution in [2.75, 3.05) is 16.8 Å². The number of fused-ring (bicyclic) bond motifs is 5. The van der Waals surface area contributed by atoms with Crippen molar-refractivity contribution in [3.05, 3.63) is 66.7 Å². The first kappa shape index (κ1) is 12.5. The van der Waals surface area contributed by atoms with Gasteiger partial charge in [0.1, 0.15) is 6.17 Å². The number of nitrogens with zero attached hydrogens (tertiary/aromatic N) is 2. The van der Waals surface area contributed by atoms with E-state index in [1.165, 1.54) is 22.6 Å². The minimum Gasteiger partial charge on any atom is -0.352 e. The lowest BCUT2D eigenvalue weighted by Gasteiger charge is -2.44. The lowest BCUT2D eigenvalue weighted by molar-refractivity contribution is 0.420. The molecule has 2 nitrogen and oxygen atoms in total. The Balaban J connectivity index is 1.99. The lowest BCUT2D eigenvalue weighted by Crippen LogP contribution is -2.48. The van der Waals surface area contributed by atoms with Crippen LogP contribution in [0.2, 0.25) is 0 Å². The minimum atomic E-state index is 0.324. The van der Waals surface area contributed by atoms with Crippen molar-refractivity contribution in [2.45, 2.75) is 19.0 Å². The van der Waals surface area contributed by atoms with Crippen LogP contribution in [0.3, 0.4) is 0 Å². The molecule has 21 heavy (non-hydrogen) atoms. The fraction of sp³-hybridized carbons (Fsp3) is 0.263. The summed E-state index contributed by atoms with van der Waals surface area (Å²) in [6.45, 7) is 6.43. The predicted molar refractivity (Wildman–Crippen MR) is 89.3 cm³/mol. The van der Waals surface area contributed by atoms with E-state index in [0.29, 0.717) is 18.0 Å². The van der Waals surface area contributed by atoms with Gasteiger partial charge in [-0.1, -0.05) is 43.3 Å². The van der Waals surface area contributed by atoms with Crippen LogP contribution in [0.15, 0.2) is 61.2 Å². The maximum atomic E-state index is 4.11. The van der Waals surface area contributed by atoms with Crippen LogP contribution >= 0.6 is 0 Å². The molecule has 2 aromatic carbocycles. The smallest absolute Gasteiger partial charge is 0.113 e. The first-order valence-electron chi connectivity index (χ1n) is 7.56. The average molecular weight is 276 g/mol. The number of anilines is 3. The van der Waals surface area contributed by atoms with E-state index in [2.05, 4.69) is 85.0 Å². The molecule has 2 heteroatoms. The zero-order chi connectivity index (χ0) is 14.6. The van der Waals surface area contributed by atoms with Crippen LogP contribution in [0, 0.1) is 5.92 Å². The Bertz CT molecular complexity index is 706. The van der Waals surface area contributed by atoms with Crippen LogP contribution in [-0.4, -0.2) is 13.2 Å². The predicted octanol–water partition coefficient (Wildman–Crippen LogP) is 4.52. The van der Waals surface area contributed by atoms with Crippen LogP contribution in [0.5, 0.6) is 0 Å². The van der Waals surface area contributed by atoms with Gasteiger partial charge in [0.15, 0.2) is 0 Å². The molecule has 2 heterocycles. The highest BCUT2D eigenvalue weighted by Gasteiger charge is 2.45. The lowest BCUT2D eigenvalue weighted by atomic mass is 9.80. The molecule has 3 atom stereocenters. The number of benzene rings is 2. The summed E-state index contributed by atoms with van der Waals surface area (Å²) in [5.41, 5.74) is 5.36. The Hall–Kier alpha value is -2.22. The van der Waals surface area contributed by atoms with Crippen molar-refractivity contribution in [1.29, 1.82) is 0 Å². The highest BCUT2D eigenvalue weighted by molar-refractivity contribution is 5.86. The summed E-state index contributed by atoms with van der Waals surface area (Å²) in [6, 6.07) is 17.4. The SMILES string of the molecule is C=CC1C(C)c2ccccc2N2c3ccccc3N(C)C12. The second kappa shape index (κ2) is 4.39. The number of hydrogen-bond donors (Lipinski definition) is 0. The van der Waals surface area contributed by atoms with E-state index in [4.69, 9.17) is 0 Å². The van der Waals surface area contributed by atoms with Crippen LogP contribution in [0.4, 0.5) is 17.1 Å². The van der Waals surface area contributed by atoms with Crippen LogP contribution < -0.4 is 9.80 Å². The Morgan fingerprint density at radius 3 is 2.29 bits per heavy atom. The topological polar surface area (TPSA) is 6.48 Å². The van der Waals surface area contributed by atoms with Crippen molar-refractivity contribution in [3.63, 3.8) is 0 Å². The summed E-state index contributed by atoms with van der Waals surface area (Å²) in [6.07, 6.45) is 2.45. The van der Waals surface area contributed by atoms with Gasteiger partial charge in [-0.3, -0.25) is 0 Å². The quantitative estimate of drug-likeness (QED) is 0.707. The van der Waals surface area contributed by atoms with Gasteiger partial charge < -0.3 is 9.80 Å². The van der Waals surface area contributed by atoms with E-state index in [1.54, 1.807) is 0 Å². The van der Waals surface area contributed by atoms with Gasteiger partial charge in [-0.05, 0) is 29.7 Å². The molecule has 3 unspecified atom stereocenters. The molecule has 4 rings (SSSR count).